The molecule has 0 aliphatic heterocycles. The summed E-state index contributed by atoms with van der Waals surface area (Å²) in [4.78, 5) is 0. The van der Waals surface area contributed by atoms with Crippen LogP contribution in [-0.4, -0.2) is 22.3 Å². The first-order chi connectivity index (χ1) is 12.7. The molecule has 3 nitrogen and oxygen atoms in total. The number of hydrogen-bond donors (Lipinski definition) is 2. The molecule has 1 aliphatic carbocycles. The van der Waals surface area contributed by atoms with E-state index in [9.17, 15) is 9.50 Å². The van der Waals surface area contributed by atoms with Crippen LogP contribution in [0.1, 0.15) is 29.7 Å². The van der Waals surface area contributed by atoms with Gasteiger partial charge in [0.2, 0.25) is 0 Å². The average molecular weight is 352 g/mol. The number of nitrogens with zero attached hydrogens (tertiary/aromatic N) is 1. The number of fused-ring (bicyclic) bond motifs is 3. The van der Waals surface area contributed by atoms with E-state index in [0.29, 0.717) is 25.2 Å². The van der Waals surface area contributed by atoms with Crippen LogP contribution >= 0.6 is 0 Å². The fraction of sp³-hybridized carbons (Fsp3) is 0.364. The topological polar surface area (TPSA) is 37.2 Å². The Morgan fingerprint density at radius 2 is 1.81 bits per heavy atom. The number of aromatic nitrogens is 1. The normalized spacial score (nSPS) is 15.2. The van der Waals surface area contributed by atoms with Crippen molar-refractivity contribution in [2.75, 3.05) is 6.54 Å². The molecule has 0 amide bonds. The third kappa shape index (κ3) is 3.39. The number of para-hydroxylation sites is 1. The van der Waals surface area contributed by atoms with Crippen molar-refractivity contribution in [1.82, 2.24) is 9.88 Å². The molecule has 1 atom stereocenters. The van der Waals surface area contributed by atoms with Crippen molar-refractivity contribution in [3.8, 4) is 0 Å². The van der Waals surface area contributed by atoms with Gasteiger partial charge in [0.05, 0.1) is 12.6 Å². The standard InChI is InChI=1S/C22H25FN2O/c23-20-10-4-1-7-16(20)13-24-14-17(26)15-25-21-11-5-2-8-18(21)19-9-3-6-12-22(19)25/h1-2,4-5,7-8,10-11,17,24,26H,3,6,9,12-15H2/t17-/m1/s1. The zero-order valence-electron chi connectivity index (χ0n) is 14.9. The van der Waals surface area contributed by atoms with Crippen molar-refractivity contribution in [2.45, 2.75) is 44.9 Å². The molecule has 0 saturated heterocycles. The van der Waals surface area contributed by atoms with E-state index in [4.69, 9.17) is 0 Å². The lowest BCUT2D eigenvalue weighted by Gasteiger charge is -2.19. The average Bonchev–Trinajstić information content (AvgIpc) is 2.98. The number of hydrogen-bond acceptors (Lipinski definition) is 2. The maximum Gasteiger partial charge on any atom is 0.127 e. The molecule has 0 radical (unpaired) electrons. The minimum Gasteiger partial charge on any atom is -0.390 e. The highest BCUT2D eigenvalue weighted by atomic mass is 19.1. The fourth-order valence-corrected chi connectivity index (χ4v) is 4.09. The van der Waals surface area contributed by atoms with Crippen molar-refractivity contribution in [2.24, 2.45) is 0 Å². The van der Waals surface area contributed by atoms with Crippen LogP contribution in [0.25, 0.3) is 10.9 Å². The lowest BCUT2D eigenvalue weighted by Crippen LogP contribution is -2.30. The van der Waals surface area contributed by atoms with Crippen molar-refractivity contribution >= 4 is 10.9 Å². The molecule has 0 fully saturated rings. The van der Waals surface area contributed by atoms with Gasteiger partial charge >= 0.3 is 0 Å². The number of aryl methyl sites for hydroxylation is 1. The first kappa shape index (κ1) is 17.3. The Balaban J connectivity index is 1.46. The van der Waals surface area contributed by atoms with Crippen molar-refractivity contribution in [1.29, 1.82) is 0 Å². The summed E-state index contributed by atoms with van der Waals surface area (Å²) in [7, 11) is 0. The molecule has 4 rings (SSSR count). The van der Waals surface area contributed by atoms with Gasteiger partial charge in [-0.05, 0) is 43.4 Å². The largest absolute Gasteiger partial charge is 0.390 e. The van der Waals surface area contributed by atoms with E-state index in [1.807, 2.05) is 6.07 Å². The Bertz CT molecular complexity index is 902. The number of aliphatic hydroxyl groups is 1. The van der Waals surface area contributed by atoms with Crippen LogP contribution in [-0.2, 0) is 25.9 Å². The molecule has 2 N–H and O–H groups in total. The van der Waals surface area contributed by atoms with E-state index in [1.165, 1.54) is 41.1 Å². The Morgan fingerprint density at radius 1 is 1.04 bits per heavy atom. The number of halogens is 1. The summed E-state index contributed by atoms with van der Waals surface area (Å²) in [5.74, 6) is -0.208. The molecule has 0 saturated carbocycles. The highest BCUT2D eigenvalue weighted by Gasteiger charge is 2.20. The molecule has 0 spiro atoms. The molecular formula is C22H25FN2O. The molecule has 136 valence electrons. The smallest absolute Gasteiger partial charge is 0.127 e. The lowest BCUT2D eigenvalue weighted by atomic mass is 9.95. The zero-order valence-corrected chi connectivity index (χ0v) is 14.9. The van der Waals surface area contributed by atoms with Crippen LogP contribution in [0.4, 0.5) is 4.39 Å². The summed E-state index contributed by atoms with van der Waals surface area (Å²) in [6, 6.07) is 15.2. The molecule has 26 heavy (non-hydrogen) atoms. The number of aliphatic hydroxyl groups excluding tert-OH is 1. The van der Waals surface area contributed by atoms with Crippen LogP contribution < -0.4 is 5.32 Å². The quantitative estimate of drug-likeness (QED) is 0.708. The van der Waals surface area contributed by atoms with E-state index in [1.54, 1.807) is 12.1 Å². The number of nitrogens with one attached hydrogen (secondary N) is 1. The molecule has 1 aromatic heterocycles. The third-order valence-electron chi connectivity index (χ3n) is 5.33. The monoisotopic (exact) mass is 352 g/mol. The van der Waals surface area contributed by atoms with Gasteiger partial charge < -0.3 is 15.0 Å². The maximum absolute atomic E-state index is 13.7. The zero-order chi connectivity index (χ0) is 17.9. The fourth-order valence-electron chi connectivity index (χ4n) is 4.09. The van der Waals surface area contributed by atoms with Gasteiger partial charge in [-0.3, -0.25) is 0 Å². The van der Waals surface area contributed by atoms with Crippen molar-refractivity contribution in [3.05, 3.63) is 71.2 Å². The van der Waals surface area contributed by atoms with Gasteiger partial charge in [-0.25, -0.2) is 4.39 Å². The summed E-state index contributed by atoms with van der Waals surface area (Å²) in [5, 5.41) is 15.1. The third-order valence-corrected chi connectivity index (χ3v) is 5.33. The Labute approximate surface area is 153 Å². The summed E-state index contributed by atoms with van der Waals surface area (Å²) >= 11 is 0. The van der Waals surface area contributed by atoms with E-state index in [-0.39, 0.29) is 5.82 Å². The number of benzene rings is 2. The maximum atomic E-state index is 13.7. The van der Waals surface area contributed by atoms with Crippen LogP contribution in [0.15, 0.2) is 48.5 Å². The van der Waals surface area contributed by atoms with Crippen molar-refractivity contribution < 1.29 is 9.50 Å². The number of rotatable bonds is 6. The molecule has 2 aromatic carbocycles. The summed E-state index contributed by atoms with van der Waals surface area (Å²) in [6.45, 7) is 1.43. The first-order valence-electron chi connectivity index (χ1n) is 9.45. The van der Waals surface area contributed by atoms with Gasteiger partial charge in [-0.1, -0.05) is 36.4 Å². The molecule has 3 aromatic rings. The second kappa shape index (κ2) is 7.60. The lowest BCUT2D eigenvalue weighted by molar-refractivity contribution is 0.151. The first-order valence-corrected chi connectivity index (χ1v) is 9.45. The summed E-state index contributed by atoms with van der Waals surface area (Å²) in [6.07, 6.45) is 4.16. The van der Waals surface area contributed by atoms with Gasteiger partial charge in [0.25, 0.3) is 0 Å². The van der Waals surface area contributed by atoms with Crippen LogP contribution in [0.5, 0.6) is 0 Å². The molecule has 0 bridgehead atoms. The molecular weight excluding hydrogens is 327 g/mol. The minimum absolute atomic E-state index is 0.208. The van der Waals surface area contributed by atoms with Gasteiger partial charge in [-0.2, -0.15) is 0 Å². The summed E-state index contributed by atoms with van der Waals surface area (Å²) < 4.78 is 16.0. The second-order valence-corrected chi connectivity index (χ2v) is 7.14. The van der Waals surface area contributed by atoms with Gasteiger partial charge in [0, 0.05) is 35.2 Å². The minimum atomic E-state index is -0.511. The molecule has 1 aliphatic rings. The van der Waals surface area contributed by atoms with Gasteiger partial charge in [-0.15, -0.1) is 0 Å². The SMILES string of the molecule is O[C@H](CNCc1ccccc1F)Cn1c2c(c3ccccc31)CCCC2. The van der Waals surface area contributed by atoms with Gasteiger partial charge in [0.1, 0.15) is 5.82 Å². The van der Waals surface area contributed by atoms with Crippen LogP contribution in [0.3, 0.4) is 0 Å². The molecule has 0 unspecified atom stereocenters. The van der Waals surface area contributed by atoms with Gasteiger partial charge in [0.15, 0.2) is 0 Å². The van der Waals surface area contributed by atoms with Crippen LogP contribution in [0.2, 0.25) is 0 Å². The van der Waals surface area contributed by atoms with E-state index >= 15 is 0 Å². The van der Waals surface area contributed by atoms with E-state index < -0.39 is 6.10 Å². The van der Waals surface area contributed by atoms with Crippen molar-refractivity contribution in [3.63, 3.8) is 0 Å². The second-order valence-electron chi connectivity index (χ2n) is 7.14. The Morgan fingerprint density at radius 3 is 2.69 bits per heavy atom. The summed E-state index contributed by atoms with van der Waals surface area (Å²) in [5.41, 5.74) is 4.68. The predicted octanol–water partition coefficient (Wildman–Crippen LogP) is 3.81. The highest BCUT2D eigenvalue weighted by molar-refractivity contribution is 5.85. The predicted molar refractivity (Wildman–Crippen MR) is 103 cm³/mol. The van der Waals surface area contributed by atoms with Crippen LogP contribution in [0, 0.1) is 5.82 Å². The molecule has 1 heterocycles. The Hall–Kier alpha value is -2.17. The van der Waals surface area contributed by atoms with E-state index in [2.05, 4.69) is 34.1 Å². The molecule has 4 heteroatoms. The van der Waals surface area contributed by atoms with E-state index in [0.717, 1.165) is 12.8 Å². The highest BCUT2D eigenvalue weighted by Crippen LogP contribution is 2.32. The Kier molecular flexibility index (Phi) is 5.05.